The number of rotatable bonds is 5. The zero-order valence-electron chi connectivity index (χ0n) is 17.8. The van der Waals surface area contributed by atoms with Gasteiger partial charge in [0.15, 0.2) is 5.54 Å². The highest BCUT2D eigenvalue weighted by Gasteiger charge is 2.53. The number of amides is 4. The SMILES string of the molecule is COC(=O)c1ccc2oc(C3(CN4Cc5ccc(OC)cc5C4=O)NC(=O)NC3=O)cc2c1. The Morgan fingerprint density at radius 1 is 1.12 bits per heavy atom. The lowest BCUT2D eigenvalue weighted by molar-refractivity contribution is -0.125. The number of benzene rings is 2. The van der Waals surface area contributed by atoms with Gasteiger partial charge in [0.05, 0.1) is 26.3 Å². The van der Waals surface area contributed by atoms with Crippen LogP contribution in [0.5, 0.6) is 5.75 Å². The van der Waals surface area contributed by atoms with Crippen LogP contribution in [0.4, 0.5) is 4.79 Å². The third-order valence-corrected chi connectivity index (χ3v) is 5.92. The van der Waals surface area contributed by atoms with Crippen LogP contribution in [0, 0.1) is 0 Å². The minimum atomic E-state index is -1.64. The van der Waals surface area contributed by atoms with E-state index in [-0.39, 0.29) is 24.8 Å². The summed E-state index contributed by atoms with van der Waals surface area (Å²) in [4.78, 5) is 51.5. The third kappa shape index (κ3) is 3.18. The minimum absolute atomic E-state index is 0.143. The number of methoxy groups -OCH3 is 2. The predicted octanol–water partition coefficient (Wildman–Crippen LogP) is 1.92. The fourth-order valence-electron chi connectivity index (χ4n) is 4.23. The van der Waals surface area contributed by atoms with Gasteiger partial charge in [-0.15, -0.1) is 0 Å². The van der Waals surface area contributed by atoms with E-state index in [1.165, 1.54) is 25.2 Å². The molecule has 0 radical (unpaired) electrons. The molecule has 2 aromatic carbocycles. The molecule has 0 saturated carbocycles. The van der Waals surface area contributed by atoms with Crippen LogP contribution >= 0.6 is 0 Å². The summed E-state index contributed by atoms with van der Waals surface area (Å²) in [6, 6.07) is 10.8. The Balaban J connectivity index is 1.54. The molecular weight excluding hydrogens is 430 g/mol. The number of urea groups is 1. The van der Waals surface area contributed by atoms with Gasteiger partial charge in [0, 0.05) is 17.5 Å². The van der Waals surface area contributed by atoms with E-state index >= 15 is 0 Å². The first-order chi connectivity index (χ1) is 15.8. The number of nitrogens with one attached hydrogen (secondary N) is 2. The Kier molecular flexibility index (Phi) is 4.59. The van der Waals surface area contributed by atoms with E-state index in [2.05, 4.69) is 10.6 Å². The van der Waals surface area contributed by atoms with Crippen LogP contribution in [0.1, 0.15) is 32.0 Å². The second kappa shape index (κ2) is 7.37. The summed E-state index contributed by atoms with van der Waals surface area (Å²) in [5, 5.41) is 5.42. The first kappa shape index (κ1) is 20.6. The summed E-state index contributed by atoms with van der Waals surface area (Å²) in [5.41, 5.74) is 0.343. The molecule has 2 N–H and O–H groups in total. The molecule has 10 heteroatoms. The Morgan fingerprint density at radius 2 is 1.94 bits per heavy atom. The van der Waals surface area contributed by atoms with Crippen LogP contribution in [0.2, 0.25) is 0 Å². The van der Waals surface area contributed by atoms with Crippen molar-refractivity contribution in [1.82, 2.24) is 15.5 Å². The van der Waals surface area contributed by atoms with Crippen molar-refractivity contribution in [2.45, 2.75) is 12.1 Å². The average molecular weight is 449 g/mol. The minimum Gasteiger partial charge on any atom is -0.497 e. The van der Waals surface area contributed by atoms with Crippen molar-refractivity contribution >= 4 is 34.8 Å². The topological polar surface area (TPSA) is 127 Å². The molecule has 2 aliphatic rings. The Hall–Kier alpha value is -4.34. The first-order valence-electron chi connectivity index (χ1n) is 10.1. The van der Waals surface area contributed by atoms with Gasteiger partial charge in [0.1, 0.15) is 17.1 Å². The zero-order valence-corrected chi connectivity index (χ0v) is 17.8. The number of esters is 1. The number of ether oxygens (including phenoxy) is 2. The highest BCUT2D eigenvalue weighted by atomic mass is 16.5. The average Bonchev–Trinajstić information content (AvgIpc) is 3.46. The molecule has 0 aliphatic carbocycles. The van der Waals surface area contributed by atoms with Gasteiger partial charge in [-0.25, -0.2) is 9.59 Å². The number of nitrogens with zero attached hydrogens (tertiary/aromatic N) is 1. The van der Waals surface area contributed by atoms with Crippen molar-refractivity contribution in [2.75, 3.05) is 20.8 Å². The van der Waals surface area contributed by atoms with Crippen LogP contribution < -0.4 is 15.4 Å². The van der Waals surface area contributed by atoms with Crippen molar-refractivity contribution < 1.29 is 33.1 Å². The number of carbonyl (C=O) groups is 4. The Morgan fingerprint density at radius 3 is 2.64 bits per heavy atom. The lowest BCUT2D eigenvalue weighted by Gasteiger charge is -2.29. The van der Waals surface area contributed by atoms with Gasteiger partial charge in [-0.05, 0) is 42.0 Å². The Bertz CT molecular complexity index is 1350. The van der Waals surface area contributed by atoms with Gasteiger partial charge in [0.2, 0.25) is 0 Å². The van der Waals surface area contributed by atoms with Gasteiger partial charge in [-0.3, -0.25) is 14.9 Å². The fraction of sp³-hybridized carbons (Fsp3) is 0.217. The summed E-state index contributed by atoms with van der Waals surface area (Å²) in [7, 11) is 2.79. The molecule has 3 aromatic rings. The first-order valence-corrected chi connectivity index (χ1v) is 10.1. The van der Waals surface area contributed by atoms with Crippen LogP contribution in [0.25, 0.3) is 11.0 Å². The number of hydrogen-bond acceptors (Lipinski definition) is 7. The van der Waals surface area contributed by atoms with Gasteiger partial charge >= 0.3 is 12.0 Å². The van der Waals surface area contributed by atoms with Crippen LogP contribution in [-0.4, -0.2) is 49.5 Å². The maximum absolute atomic E-state index is 13.1. The summed E-state index contributed by atoms with van der Waals surface area (Å²) in [6.45, 7) is 0.111. The maximum atomic E-state index is 13.1. The molecule has 0 bridgehead atoms. The van der Waals surface area contributed by atoms with Gasteiger partial charge < -0.3 is 24.1 Å². The van der Waals surface area contributed by atoms with Crippen LogP contribution in [0.15, 0.2) is 46.9 Å². The maximum Gasteiger partial charge on any atom is 0.337 e. The standard InChI is InChI=1S/C23H19N3O7/c1-31-15-5-3-13-10-26(19(27)16(13)9-15)11-23(21(29)24-22(30)25-23)18-8-14-7-12(20(28)32-2)4-6-17(14)33-18/h3-9H,10-11H2,1-2H3,(H2,24,25,29,30). The monoisotopic (exact) mass is 449 g/mol. The number of imide groups is 1. The van der Waals surface area contributed by atoms with Crippen molar-refractivity contribution in [3.8, 4) is 5.75 Å². The molecule has 10 nitrogen and oxygen atoms in total. The van der Waals surface area contributed by atoms with E-state index in [1.807, 2.05) is 0 Å². The summed E-state index contributed by atoms with van der Waals surface area (Å²) in [5.74, 6) is -0.756. The van der Waals surface area contributed by atoms with Crippen molar-refractivity contribution in [3.63, 3.8) is 0 Å². The molecule has 33 heavy (non-hydrogen) atoms. The molecule has 168 valence electrons. The summed E-state index contributed by atoms with van der Waals surface area (Å²) < 4.78 is 15.9. The largest absolute Gasteiger partial charge is 0.497 e. The van der Waals surface area contributed by atoms with E-state index in [0.29, 0.717) is 27.8 Å². The lowest BCUT2D eigenvalue weighted by Crippen LogP contribution is -2.52. The van der Waals surface area contributed by atoms with Crippen molar-refractivity contribution in [3.05, 3.63) is 64.9 Å². The van der Waals surface area contributed by atoms with Gasteiger partial charge in [0.25, 0.3) is 11.8 Å². The molecule has 1 fully saturated rings. The molecule has 1 aromatic heterocycles. The Labute approximate surface area is 187 Å². The number of fused-ring (bicyclic) bond motifs is 2. The second-order valence-electron chi connectivity index (χ2n) is 7.85. The number of hydrogen-bond donors (Lipinski definition) is 2. The van der Waals surface area contributed by atoms with E-state index in [0.717, 1.165) is 5.56 Å². The number of carbonyl (C=O) groups excluding carboxylic acids is 4. The highest BCUT2D eigenvalue weighted by molar-refractivity contribution is 6.08. The smallest absolute Gasteiger partial charge is 0.337 e. The molecule has 0 spiro atoms. The third-order valence-electron chi connectivity index (χ3n) is 5.92. The fourth-order valence-corrected chi connectivity index (χ4v) is 4.23. The van der Waals surface area contributed by atoms with Crippen molar-refractivity contribution in [1.29, 1.82) is 0 Å². The quantitative estimate of drug-likeness (QED) is 0.450. The van der Waals surface area contributed by atoms with Gasteiger partial charge in [-0.2, -0.15) is 0 Å². The molecule has 5 rings (SSSR count). The zero-order chi connectivity index (χ0) is 23.3. The molecular formula is C23H19N3O7. The predicted molar refractivity (Wildman–Crippen MR) is 114 cm³/mol. The van der Waals surface area contributed by atoms with Crippen LogP contribution in [0.3, 0.4) is 0 Å². The summed E-state index contributed by atoms with van der Waals surface area (Å²) in [6.07, 6.45) is 0. The van der Waals surface area contributed by atoms with E-state index in [4.69, 9.17) is 13.9 Å². The van der Waals surface area contributed by atoms with Gasteiger partial charge in [-0.1, -0.05) is 6.07 Å². The molecule has 1 atom stereocenters. The van der Waals surface area contributed by atoms with E-state index in [1.54, 1.807) is 36.4 Å². The lowest BCUT2D eigenvalue weighted by atomic mass is 9.95. The molecule has 2 aliphatic heterocycles. The summed E-state index contributed by atoms with van der Waals surface area (Å²) >= 11 is 0. The molecule has 1 saturated heterocycles. The van der Waals surface area contributed by atoms with E-state index < -0.39 is 23.4 Å². The van der Waals surface area contributed by atoms with E-state index in [9.17, 15) is 19.2 Å². The molecule has 3 heterocycles. The molecule has 4 amide bonds. The highest BCUT2D eigenvalue weighted by Crippen LogP contribution is 2.35. The number of furan rings is 1. The van der Waals surface area contributed by atoms with Crippen molar-refractivity contribution in [2.24, 2.45) is 0 Å². The second-order valence-corrected chi connectivity index (χ2v) is 7.85. The normalized spacial score (nSPS) is 19.5. The molecule has 1 unspecified atom stereocenters. The van der Waals surface area contributed by atoms with Crippen LogP contribution in [-0.2, 0) is 21.6 Å².